The van der Waals surface area contributed by atoms with Crippen molar-refractivity contribution in [3.63, 3.8) is 0 Å². The molecule has 1 N–H and O–H groups in total. The van der Waals surface area contributed by atoms with Gasteiger partial charge in [0.25, 0.3) is 0 Å². The molecular formula is C11H22N2O2. The lowest BCUT2D eigenvalue weighted by atomic mass is 9.84. The van der Waals surface area contributed by atoms with Crippen molar-refractivity contribution in [2.45, 2.75) is 12.8 Å². The van der Waals surface area contributed by atoms with Crippen molar-refractivity contribution in [3.8, 4) is 0 Å². The molecule has 0 aromatic heterocycles. The largest absolute Gasteiger partial charge is 0.469 e. The lowest BCUT2D eigenvalue weighted by Gasteiger charge is -2.30. The molecule has 15 heavy (non-hydrogen) atoms. The van der Waals surface area contributed by atoms with Crippen LogP contribution in [-0.4, -0.2) is 51.7 Å². The van der Waals surface area contributed by atoms with Gasteiger partial charge in [-0.3, -0.25) is 4.79 Å². The molecule has 1 saturated heterocycles. The number of nitrogens with zero attached hydrogens (tertiary/aromatic N) is 1. The predicted molar refractivity (Wildman–Crippen MR) is 59.7 cm³/mol. The first-order valence-electron chi connectivity index (χ1n) is 5.58. The Bertz CT molecular complexity index is 201. The number of rotatable bonds is 4. The van der Waals surface area contributed by atoms with Crippen molar-refractivity contribution >= 4 is 5.97 Å². The fourth-order valence-corrected chi connectivity index (χ4v) is 2.21. The highest BCUT2D eigenvalue weighted by Crippen LogP contribution is 2.23. The molecule has 1 aliphatic heterocycles. The average molecular weight is 214 g/mol. The summed E-state index contributed by atoms with van der Waals surface area (Å²) in [7, 11) is 5.47. The van der Waals surface area contributed by atoms with E-state index in [0.717, 1.165) is 32.5 Å². The molecule has 0 bridgehead atoms. The predicted octanol–water partition coefficient (Wildman–Crippen LogP) is 0.337. The van der Waals surface area contributed by atoms with E-state index in [2.05, 4.69) is 10.2 Å². The van der Waals surface area contributed by atoms with Gasteiger partial charge in [-0.05, 0) is 45.9 Å². The molecule has 0 spiro atoms. The van der Waals surface area contributed by atoms with Gasteiger partial charge in [-0.1, -0.05) is 0 Å². The minimum atomic E-state index is -0.0596. The van der Waals surface area contributed by atoms with Crippen molar-refractivity contribution < 1.29 is 9.53 Å². The number of hydrogen-bond acceptors (Lipinski definition) is 4. The lowest BCUT2D eigenvalue weighted by Crippen LogP contribution is -2.39. The van der Waals surface area contributed by atoms with E-state index in [1.165, 1.54) is 7.11 Å². The van der Waals surface area contributed by atoms with Crippen LogP contribution in [0, 0.1) is 11.8 Å². The van der Waals surface area contributed by atoms with Crippen LogP contribution < -0.4 is 5.32 Å². The quantitative estimate of drug-likeness (QED) is 0.685. The zero-order valence-electron chi connectivity index (χ0n) is 9.95. The standard InChI is InChI=1S/C11H22N2O2/c1-13(2)8-10(11(14)15-3)9-4-6-12-7-5-9/h9-10,12H,4-8H2,1-3H3. The Labute approximate surface area is 92.0 Å². The lowest BCUT2D eigenvalue weighted by molar-refractivity contribution is -0.148. The molecule has 0 radical (unpaired) electrons. The summed E-state index contributed by atoms with van der Waals surface area (Å²) < 4.78 is 4.88. The number of ether oxygens (including phenoxy) is 1. The van der Waals surface area contributed by atoms with Crippen LogP contribution in [0.1, 0.15) is 12.8 Å². The number of piperidine rings is 1. The Kier molecular flexibility index (Phi) is 5.05. The van der Waals surface area contributed by atoms with Gasteiger partial charge < -0.3 is 15.0 Å². The Morgan fingerprint density at radius 1 is 1.47 bits per heavy atom. The molecule has 88 valence electrons. The van der Waals surface area contributed by atoms with Crippen LogP contribution in [0.25, 0.3) is 0 Å². The second kappa shape index (κ2) is 6.08. The third-order valence-electron chi connectivity index (χ3n) is 3.02. The molecule has 0 aromatic rings. The van der Waals surface area contributed by atoms with E-state index < -0.39 is 0 Å². The van der Waals surface area contributed by atoms with Crippen molar-refractivity contribution in [1.29, 1.82) is 0 Å². The summed E-state index contributed by atoms with van der Waals surface area (Å²) >= 11 is 0. The molecule has 4 nitrogen and oxygen atoms in total. The van der Waals surface area contributed by atoms with Gasteiger partial charge in [0.1, 0.15) is 0 Å². The summed E-state index contributed by atoms with van der Waals surface area (Å²) in [4.78, 5) is 13.7. The highest BCUT2D eigenvalue weighted by Gasteiger charge is 2.30. The molecule has 0 amide bonds. The molecular weight excluding hydrogens is 192 g/mol. The molecule has 1 aliphatic rings. The summed E-state index contributed by atoms with van der Waals surface area (Å²) in [5.74, 6) is 0.448. The molecule has 1 atom stereocenters. The number of methoxy groups -OCH3 is 1. The summed E-state index contributed by atoms with van der Waals surface area (Å²) in [5.41, 5.74) is 0. The number of esters is 1. The van der Waals surface area contributed by atoms with Gasteiger partial charge in [-0.15, -0.1) is 0 Å². The highest BCUT2D eigenvalue weighted by atomic mass is 16.5. The van der Waals surface area contributed by atoms with Crippen molar-refractivity contribution in [1.82, 2.24) is 10.2 Å². The number of carbonyl (C=O) groups is 1. The highest BCUT2D eigenvalue weighted by molar-refractivity contribution is 5.72. The average Bonchev–Trinajstić information content (AvgIpc) is 2.26. The fourth-order valence-electron chi connectivity index (χ4n) is 2.21. The van der Waals surface area contributed by atoms with Gasteiger partial charge in [0.05, 0.1) is 13.0 Å². The van der Waals surface area contributed by atoms with Crippen LogP contribution in [0.2, 0.25) is 0 Å². The molecule has 0 aromatic carbocycles. The zero-order valence-corrected chi connectivity index (χ0v) is 9.95. The normalized spacial score (nSPS) is 20.3. The van der Waals surface area contributed by atoms with E-state index in [-0.39, 0.29) is 11.9 Å². The van der Waals surface area contributed by atoms with Gasteiger partial charge in [-0.25, -0.2) is 0 Å². The molecule has 1 rings (SSSR count). The smallest absolute Gasteiger partial charge is 0.310 e. The molecule has 1 heterocycles. The molecule has 0 saturated carbocycles. The van der Waals surface area contributed by atoms with E-state index in [9.17, 15) is 4.79 Å². The van der Waals surface area contributed by atoms with Crippen molar-refractivity contribution in [2.75, 3.05) is 40.8 Å². The maximum absolute atomic E-state index is 11.7. The second-order valence-electron chi connectivity index (χ2n) is 4.48. The maximum Gasteiger partial charge on any atom is 0.310 e. The minimum Gasteiger partial charge on any atom is -0.469 e. The maximum atomic E-state index is 11.7. The van der Waals surface area contributed by atoms with Crippen LogP contribution in [0.4, 0.5) is 0 Å². The third-order valence-corrected chi connectivity index (χ3v) is 3.02. The van der Waals surface area contributed by atoms with E-state index in [1.807, 2.05) is 14.1 Å². The Morgan fingerprint density at radius 3 is 2.53 bits per heavy atom. The second-order valence-corrected chi connectivity index (χ2v) is 4.48. The van der Waals surface area contributed by atoms with Crippen LogP contribution in [0.3, 0.4) is 0 Å². The fraction of sp³-hybridized carbons (Fsp3) is 0.909. The number of hydrogen-bond donors (Lipinski definition) is 1. The topological polar surface area (TPSA) is 41.6 Å². The SMILES string of the molecule is COC(=O)C(CN(C)C)C1CCNCC1. The van der Waals surface area contributed by atoms with E-state index in [0.29, 0.717) is 5.92 Å². The zero-order chi connectivity index (χ0) is 11.3. The molecule has 4 heteroatoms. The summed E-state index contributed by atoms with van der Waals surface area (Å²) in [5, 5.41) is 3.31. The molecule has 1 unspecified atom stereocenters. The van der Waals surface area contributed by atoms with Gasteiger partial charge in [-0.2, -0.15) is 0 Å². The van der Waals surface area contributed by atoms with Gasteiger partial charge in [0, 0.05) is 6.54 Å². The van der Waals surface area contributed by atoms with Crippen LogP contribution in [-0.2, 0) is 9.53 Å². The molecule has 1 fully saturated rings. The summed E-state index contributed by atoms with van der Waals surface area (Å²) in [6.45, 7) is 2.83. The van der Waals surface area contributed by atoms with Gasteiger partial charge >= 0.3 is 5.97 Å². The Balaban J connectivity index is 2.57. The monoisotopic (exact) mass is 214 g/mol. The van der Waals surface area contributed by atoms with Crippen LogP contribution in [0.5, 0.6) is 0 Å². The van der Waals surface area contributed by atoms with E-state index >= 15 is 0 Å². The molecule has 0 aliphatic carbocycles. The van der Waals surface area contributed by atoms with E-state index in [4.69, 9.17) is 4.74 Å². The number of carbonyl (C=O) groups excluding carboxylic acids is 1. The van der Waals surface area contributed by atoms with Gasteiger partial charge in [0.15, 0.2) is 0 Å². The van der Waals surface area contributed by atoms with Crippen molar-refractivity contribution in [2.24, 2.45) is 11.8 Å². The summed E-state index contributed by atoms with van der Waals surface area (Å²) in [6.07, 6.45) is 2.15. The first kappa shape index (κ1) is 12.5. The Morgan fingerprint density at radius 2 is 2.07 bits per heavy atom. The van der Waals surface area contributed by atoms with Gasteiger partial charge in [0.2, 0.25) is 0 Å². The minimum absolute atomic E-state index is 0.0344. The first-order chi connectivity index (χ1) is 7.15. The van der Waals surface area contributed by atoms with Crippen LogP contribution in [0.15, 0.2) is 0 Å². The van der Waals surface area contributed by atoms with E-state index in [1.54, 1.807) is 0 Å². The summed E-state index contributed by atoms with van der Waals surface area (Å²) in [6, 6.07) is 0. The van der Waals surface area contributed by atoms with Crippen LogP contribution >= 0.6 is 0 Å². The van der Waals surface area contributed by atoms with Crippen molar-refractivity contribution in [3.05, 3.63) is 0 Å². The Hall–Kier alpha value is -0.610. The number of nitrogens with one attached hydrogen (secondary N) is 1. The first-order valence-corrected chi connectivity index (χ1v) is 5.58. The third kappa shape index (κ3) is 3.80.